The highest BCUT2D eigenvalue weighted by Gasteiger charge is 2.42. The molecule has 2 aliphatic rings. The monoisotopic (exact) mass is 235 g/mol. The van der Waals surface area contributed by atoms with Gasteiger partial charge in [0.25, 0.3) is 0 Å². The maximum atomic E-state index is 5.80. The third kappa shape index (κ3) is 2.23. The smallest absolute Gasteiger partial charge is 0.219 e. The van der Waals surface area contributed by atoms with E-state index in [1.54, 1.807) is 0 Å². The maximum absolute atomic E-state index is 5.80. The van der Waals surface area contributed by atoms with Crippen LogP contribution in [0.4, 0.5) is 0 Å². The van der Waals surface area contributed by atoms with Crippen LogP contribution in [0.1, 0.15) is 50.3 Å². The van der Waals surface area contributed by atoms with E-state index in [9.17, 15) is 0 Å². The molecular weight excluding hydrogens is 214 g/mol. The zero-order chi connectivity index (χ0) is 11.7. The average molecular weight is 235 g/mol. The molecule has 0 amide bonds. The second-order valence-electron chi connectivity index (χ2n) is 5.42. The molecule has 2 bridgehead atoms. The summed E-state index contributed by atoms with van der Waals surface area (Å²) >= 11 is 0. The highest BCUT2D eigenvalue weighted by atomic mass is 16.4. The molecule has 4 heteroatoms. The fraction of sp³-hybridized carbons (Fsp3) is 0.846. The van der Waals surface area contributed by atoms with Crippen molar-refractivity contribution in [3.05, 3.63) is 11.8 Å². The number of rotatable bonds is 5. The van der Waals surface area contributed by atoms with E-state index in [-0.39, 0.29) is 0 Å². The van der Waals surface area contributed by atoms with Crippen molar-refractivity contribution in [1.29, 1.82) is 0 Å². The lowest BCUT2D eigenvalue weighted by Crippen LogP contribution is -2.16. The first-order valence-electron chi connectivity index (χ1n) is 6.89. The fourth-order valence-corrected chi connectivity index (χ4v) is 3.44. The number of likely N-dealkylation sites (N-methyl/N-ethyl adjacent to an activating group) is 1. The highest BCUT2D eigenvalue weighted by Crippen LogP contribution is 2.52. The van der Waals surface area contributed by atoms with Crippen LogP contribution in [0.25, 0.3) is 0 Å². The van der Waals surface area contributed by atoms with Crippen molar-refractivity contribution in [2.24, 2.45) is 11.8 Å². The largest absolute Gasteiger partial charge is 0.425 e. The minimum Gasteiger partial charge on any atom is -0.425 e. The molecule has 3 atom stereocenters. The third-order valence-corrected chi connectivity index (χ3v) is 4.30. The quantitative estimate of drug-likeness (QED) is 0.794. The predicted octanol–water partition coefficient (Wildman–Crippen LogP) is 2.13. The van der Waals surface area contributed by atoms with E-state index in [4.69, 9.17) is 4.42 Å². The summed E-state index contributed by atoms with van der Waals surface area (Å²) in [4.78, 5) is 0. The summed E-state index contributed by atoms with van der Waals surface area (Å²) in [5.41, 5.74) is 0. The van der Waals surface area contributed by atoms with Crippen LogP contribution in [0.3, 0.4) is 0 Å². The number of hydrogen-bond acceptors (Lipinski definition) is 4. The summed E-state index contributed by atoms with van der Waals surface area (Å²) in [5, 5.41) is 11.7. The Kier molecular flexibility index (Phi) is 3.14. The lowest BCUT2D eigenvalue weighted by molar-refractivity contribution is 0.335. The van der Waals surface area contributed by atoms with Gasteiger partial charge in [0.2, 0.25) is 11.8 Å². The summed E-state index contributed by atoms with van der Waals surface area (Å²) in [6, 6.07) is 0. The van der Waals surface area contributed by atoms with Crippen LogP contribution in [0.15, 0.2) is 4.42 Å². The zero-order valence-electron chi connectivity index (χ0n) is 10.5. The summed E-state index contributed by atoms with van der Waals surface area (Å²) in [5.74, 6) is 4.02. The van der Waals surface area contributed by atoms with Crippen LogP contribution in [0.2, 0.25) is 0 Å². The molecule has 1 N–H and O–H groups in total. The molecule has 0 spiro atoms. The van der Waals surface area contributed by atoms with Gasteiger partial charge in [-0.05, 0) is 37.6 Å². The Balaban J connectivity index is 1.60. The molecule has 1 aromatic heterocycles. The second kappa shape index (κ2) is 4.77. The fourth-order valence-electron chi connectivity index (χ4n) is 3.44. The molecular formula is C13H21N3O. The number of aromatic nitrogens is 2. The number of nitrogens with one attached hydrogen (secondary N) is 1. The molecule has 94 valence electrons. The Morgan fingerprint density at radius 3 is 2.94 bits per heavy atom. The Morgan fingerprint density at radius 2 is 2.24 bits per heavy atom. The first-order chi connectivity index (χ1) is 8.36. The van der Waals surface area contributed by atoms with Crippen molar-refractivity contribution in [2.45, 2.75) is 44.9 Å². The van der Waals surface area contributed by atoms with Gasteiger partial charge in [0, 0.05) is 18.9 Å². The molecule has 17 heavy (non-hydrogen) atoms. The SMILES string of the molecule is CCNCCc1nnc(C2CC3CCC2C3)o1. The summed E-state index contributed by atoms with van der Waals surface area (Å²) in [6.45, 7) is 4.02. The molecule has 0 radical (unpaired) electrons. The zero-order valence-corrected chi connectivity index (χ0v) is 10.5. The molecule has 3 rings (SSSR count). The van der Waals surface area contributed by atoms with Gasteiger partial charge < -0.3 is 9.73 Å². The number of hydrogen-bond donors (Lipinski definition) is 1. The van der Waals surface area contributed by atoms with Gasteiger partial charge in [-0.3, -0.25) is 0 Å². The second-order valence-corrected chi connectivity index (χ2v) is 5.42. The average Bonchev–Trinajstić information content (AvgIpc) is 3.04. The van der Waals surface area contributed by atoms with Crippen LogP contribution in [0, 0.1) is 11.8 Å². The van der Waals surface area contributed by atoms with E-state index in [2.05, 4.69) is 22.4 Å². The summed E-state index contributed by atoms with van der Waals surface area (Å²) in [6.07, 6.45) is 6.30. The van der Waals surface area contributed by atoms with Crippen LogP contribution in [-0.2, 0) is 6.42 Å². The minimum absolute atomic E-state index is 0.564. The van der Waals surface area contributed by atoms with Crippen LogP contribution in [-0.4, -0.2) is 23.3 Å². The van der Waals surface area contributed by atoms with Crippen molar-refractivity contribution < 1.29 is 4.42 Å². The first kappa shape index (κ1) is 11.2. The van der Waals surface area contributed by atoms with Gasteiger partial charge in [-0.25, -0.2) is 0 Å². The number of nitrogens with zero attached hydrogens (tertiary/aromatic N) is 2. The topological polar surface area (TPSA) is 51.0 Å². The van der Waals surface area contributed by atoms with Gasteiger partial charge >= 0.3 is 0 Å². The van der Waals surface area contributed by atoms with E-state index in [0.29, 0.717) is 5.92 Å². The highest BCUT2D eigenvalue weighted by molar-refractivity contribution is 5.04. The lowest BCUT2D eigenvalue weighted by Gasteiger charge is -2.17. The van der Waals surface area contributed by atoms with Crippen LogP contribution >= 0.6 is 0 Å². The van der Waals surface area contributed by atoms with E-state index < -0.39 is 0 Å². The summed E-state index contributed by atoms with van der Waals surface area (Å²) < 4.78 is 5.80. The van der Waals surface area contributed by atoms with Gasteiger partial charge in [-0.1, -0.05) is 13.3 Å². The molecule has 3 unspecified atom stereocenters. The normalized spacial score (nSPS) is 31.2. The third-order valence-electron chi connectivity index (χ3n) is 4.30. The van der Waals surface area contributed by atoms with E-state index in [1.807, 2.05) is 0 Å². The Morgan fingerprint density at radius 1 is 1.29 bits per heavy atom. The van der Waals surface area contributed by atoms with Gasteiger partial charge in [-0.2, -0.15) is 0 Å². The van der Waals surface area contributed by atoms with E-state index in [0.717, 1.165) is 43.1 Å². The van der Waals surface area contributed by atoms with Crippen molar-refractivity contribution >= 4 is 0 Å². The predicted molar refractivity (Wildman–Crippen MR) is 64.7 cm³/mol. The molecule has 0 aromatic carbocycles. The standard InChI is InChI=1S/C13H21N3O/c1-2-14-6-5-12-15-16-13(17-12)11-8-9-3-4-10(11)7-9/h9-11,14H,2-8H2,1H3. The minimum atomic E-state index is 0.564. The lowest BCUT2D eigenvalue weighted by atomic mass is 9.89. The Hall–Kier alpha value is -0.900. The molecule has 1 heterocycles. The van der Waals surface area contributed by atoms with Crippen molar-refractivity contribution in [3.63, 3.8) is 0 Å². The van der Waals surface area contributed by atoms with E-state index >= 15 is 0 Å². The molecule has 2 fully saturated rings. The molecule has 2 aliphatic carbocycles. The van der Waals surface area contributed by atoms with Crippen molar-refractivity contribution in [2.75, 3.05) is 13.1 Å². The van der Waals surface area contributed by atoms with Gasteiger partial charge in [-0.15, -0.1) is 10.2 Å². The molecule has 0 aliphatic heterocycles. The Labute approximate surface area is 102 Å². The number of fused-ring (bicyclic) bond motifs is 2. The maximum Gasteiger partial charge on any atom is 0.219 e. The Bertz CT molecular complexity index is 376. The van der Waals surface area contributed by atoms with Gasteiger partial charge in [0.15, 0.2) is 0 Å². The first-order valence-corrected chi connectivity index (χ1v) is 6.89. The van der Waals surface area contributed by atoms with Crippen LogP contribution in [0.5, 0.6) is 0 Å². The molecule has 0 saturated heterocycles. The molecule has 2 saturated carbocycles. The van der Waals surface area contributed by atoms with Crippen molar-refractivity contribution in [1.82, 2.24) is 15.5 Å². The van der Waals surface area contributed by atoms with Crippen LogP contribution < -0.4 is 5.32 Å². The van der Waals surface area contributed by atoms with E-state index in [1.165, 1.54) is 25.7 Å². The molecule has 1 aromatic rings. The van der Waals surface area contributed by atoms with Crippen molar-refractivity contribution in [3.8, 4) is 0 Å². The van der Waals surface area contributed by atoms with Gasteiger partial charge in [0.1, 0.15) is 0 Å². The molecule has 4 nitrogen and oxygen atoms in total. The summed E-state index contributed by atoms with van der Waals surface area (Å²) in [7, 11) is 0. The van der Waals surface area contributed by atoms with Gasteiger partial charge in [0.05, 0.1) is 0 Å².